The van der Waals surface area contributed by atoms with Crippen LogP contribution in [0, 0.1) is 0 Å². The van der Waals surface area contributed by atoms with Gasteiger partial charge in [0.1, 0.15) is 0 Å². The van der Waals surface area contributed by atoms with Gasteiger partial charge >= 0.3 is 35.0 Å². The van der Waals surface area contributed by atoms with Gasteiger partial charge in [0.25, 0.3) is 0 Å². The van der Waals surface area contributed by atoms with E-state index < -0.39 is 0 Å². The van der Waals surface area contributed by atoms with Crippen LogP contribution in [0.15, 0.2) is 0 Å². The van der Waals surface area contributed by atoms with E-state index in [1.54, 1.807) is 0 Å². The molecule has 0 radical (unpaired) electrons. The maximum atomic E-state index is 4.81. The fraction of sp³-hybridized carbons (Fsp3) is 1.00. The maximum absolute atomic E-state index is 4.81. The minimum absolute atomic E-state index is 0.106. The van der Waals surface area contributed by atoms with Crippen LogP contribution in [0.3, 0.4) is 0 Å². The van der Waals surface area contributed by atoms with Gasteiger partial charge in [0, 0.05) is 0 Å². The summed E-state index contributed by atoms with van der Waals surface area (Å²) in [5.41, 5.74) is 0. The Bertz CT molecular complexity index is 28.0. The SMILES string of the molecule is CCSCC.[Cl][Pd][Cl]. The first-order valence-corrected chi connectivity index (χ1v) is 7.39. The predicted octanol–water partition coefficient (Wildman–Crippen LogP) is 3.14. The van der Waals surface area contributed by atoms with E-state index in [9.17, 15) is 0 Å². The summed E-state index contributed by atoms with van der Waals surface area (Å²) < 4.78 is 0. The van der Waals surface area contributed by atoms with Crippen LogP contribution in [-0.2, 0) is 15.9 Å². The van der Waals surface area contributed by atoms with Crippen molar-refractivity contribution in [2.75, 3.05) is 11.5 Å². The van der Waals surface area contributed by atoms with Crippen molar-refractivity contribution in [3.05, 3.63) is 0 Å². The molecule has 0 fully saturated rings. The van der Waals surface area contributed by atoms with Crippen molar-refractivity contribution in [2.24, 2.45) is 0 Å². The Morgan fingerprint density at radius 1 is 1.25 bits per heavy atom. The van der Waals surface area contributed by atoms with Crippen molar-refractivity contribution in [2.45, 2.75) is 13.8 Å². The monoisotopic (exact) mass is 266 g/mol. The summed E-state index contributed by atoms with van der Waals surface area (Å²) in [7, 11) is 9.63. The normalized spacial score (nSPS) is 8.00. The summed E-state index contributed by atoms with van der Waals surface area (Å²) in [5, 5.41) is 0. The zero-order chi connectivity index (χ0) is 6.83. The third kappa shape index (κ3) is 25.6. The first-order valence-electron chi connectivity index (χ1n) is 2.23. The Labute approximate surface area is 71.8 Å². The fourth-order valence-corrected chi connectivity index (χ4v) is 0.612. The van der Waals surface area contributed by atoms with Crippen LogP contribution in [0.2, 0.25) is 0 Å². The molecular formula is C4H10Cl2PdS. The summed E-state index contributed by atoms with van der Waals surface area (Å²) >= 11 is 1.86. The van der Waals surface area contributed by atoms with Gasteiger partial charge in [-0.1, -0.05) is 13.8 Å². The van der Waals surface area contributed by atoms with E-state index in [0.717, 1.165) is 0 Å². The molecule has 0 bridgehead atoms. The van der Waals surface area contributed by atoms with E-state index in [1.165, 1.54) is 11.5 Å². The van der Waals surface area contributed by atoms with E-state index in [-0.39, 0.29) is 15.9 Å². The molecule has 0 rings (SSSR count). The number of rotatable bonds is 2. The third-order valence-corrected chi connectivity index (χ3v) is 1.22. The molecule has 0 aliphatic carbocycles. The quantitative estimate of drug-likeness (QED) is 0.693. The molecule has 0 spiro atoms. The second kappa shape index (κ2) is 15.8. The van der Waals surface area contributed by atoms with E-state index >= 15 is 0 Å². The fourth-order valence-electron chi connectivity index (χ4n) is 0.204. The number of hydrogen-bond acceptors (Lipinski definition) is 1. The molecule has 0 heterocycles. The summed E-state index contributed by atoms with van der Waals surface area (Å²) in [5.74, 6) is 2.52. The van der Waals surface area contributed by atoms with Crippen LogP contribution in [-0.4, -0.2) is 11.5 Å². The molecule has 0 atom stereocenters. The zero-order valence-electron chi connectivity index (χ0n) is 4.89. The van der Waals surface area contributed by atoms with Crippen LogP contribution in [0.25, 0.3) is 0 Å². The van der Waals surface area contributed by atoms with Gasteiger partial charge in [-0.25, -0.2) is 0 Å². The van der Waals surface area contributed by atoms with Crippen molar-refractivity contribution in [1.82, 2.24) is 0 Å². The Balaban J connectivity index is 0. The standard InChI is InChI=1S/C4H10S.2ClH.Pd/c1-3-5-4-2;;;/h3-4H2,1-2H3;2*1H;/q;;;+2/p-2. The average Bonchev–Trinajstić information content (AvgIpc) is 1.71. The van der Waals surface area contributed by atoms with Gasteiger partial charge in [-0.2, -0.15) is 11.8 Å². The molecule has 4 heteroatoms. The average molecular weight is 268 g/mol. The molecule has 0 unspecified atom stereocenters. The molecule has 0 saturated heterocycles. The molecule has 0 amide bonds. The van der Waals surface area contributed by atoms with Crippen molar-refractivity contribution >= 4 is 30.8 Å². The molecule has 8 heavy (non-hydrogen) atoms. The molecule has 0 aromatic carbocycles. The van der Waals surface area contributed by atoms with Gasteiger partial charge in [-0.15, -0.1) is 0 Å². The molecule has 0 saturated carbocycles. The van der Waals surface area contributed by atoms with Gasteiger partial charge in [0.2, 0.25) is 0 Å². The zero-order valence-corrected chi connectivity index (χ0v) is 8.78. The van der Waals surface area contributed by atoms with Crippen molar-refractivity contribution < 1.29 is 15.9 Å². The minimum atomic E-state index is -0.106. The Morgan fingerprint density at radius 3 is 1.50 bits per heavy atom. The van der Waals surface area contributed by atoms with Gasteiger partial charge in [-0.05, 0) is 11.5 Å². The Kier molecular flexibility index (Phi) is 24.3. The Hall–Kier alpha value is 1.59. The van der Waals surface area contributed by atoms with Crippen molar-refractivity contribution in [3.8, 4) is 0 Å². The second-order valence-corrected chi connectivity index (χ2v) is 4.75. The summed E-state index contributed by atoms with van der Waals surface area (Å²) in [6.07, 6.45) is 0. The number of thioether (sulfide) groups is 1. The Morgan fingerprint density at radius 2 is 1.50 bits per heavy atom. The van der Waals surface area contributed by atoms with Crippen LogP contribution >= 0.6 is 30.8 Å². The van der Waals surface area contributed by atoms with Crippen molar-refractivity contribution in [1.29, 1.82) is 0 Å². The van der Waals surface area contributed by atoms with Gasteiger partial charge in [-0.3, -0.25) is 0 Å². The van der Waals surface area contributed by atoms with Crippen LogP contribution in [0.5, 0.6) is 0 Å². The molecule has 0 aliphatic rings. The second-order valence-electron chi connectivity index (χ2n) is 0.827. The topological polar surface area (TPSA) is 0 Å². The first kappa shape index (κ1) is 12.3. The molecule has 0 aromatic heterocycles. The van der Waals surface area contributed by atoms with Crippen LogP contribution in [0.1, 0.15) is 13.8 Å². The molecule has 56 valence electrons. The molecule has 0 aliphatic heterocycles. The van der Waals surface area contributed by atoms with Crippen LogP contribution < -0.4 is 0 Å². The van der Waals surface area contributed by atoms with Crippen molar-refractivity contribution in [3.63, 3.8) is 0 Å². The van der Waals surface area contributed by atoms with E-state index in [0.29, 0.717) is 0 Å². The van der Waals surface area contributed by atoms with E-state index in [1.807, 2.05) is 11.8 Å². The number of halogens is 2. The predicted molar refractivity (Wildman–Crippen MR) is 40.4 cm³/mol. The van der Waals surface area contributed by atoms with Crippen LogP contribution in [0.4, 0.5) is 0 Å². The molecule has 0 N–H and O–H groups in total. The first-order chi connectivity index (χ1) is 3.83. The molecular weight excluding hydrogens is 257 g/mol. The molecule has 0 aromatic rings. The molecule has 0 nitrogen and oxygen atoms in total. The van der Waals surface area contributed by atoms with Gasteiger partial charge < -0.3 is 0 Å². The summed E-state index contributed by atoms with van der Waals surface area (Å²) in [6, 6.07) is 0. The third-order valence-electron chi connectivity index (χ3n) is 0.408. The van der Waals surface area contributed by atoms with Gasteiger partial charge in [0.05, 0.1) is 0 Å². The van der Waals surface area contributed by atoms with Gasteiger partial charge in [0.15, 0.2) is 0 Å². The number of hydrogen-bond donors (Lipinski definition) is 0. The summed E-state index contributed by atoms with van der Waals surface area (Å²) in [4.78, 5) is 0. The van der Waals surface area contributed by atoms with E-state index in [2.05, 4.69) is 13.8 Å². The summed E-state index contributed by atoms with van der Waals surface area (Å²) in [6.45, 7) is 4.35. The van der Waals surface area contributed by atoms with E-state index in [4.69, 9.17) is 19.1 Å².